The van der Waals surface area contributed by atoms with Crippen LogP contribution in [0, 0.1) is 0 Å². The summed E-state index contributed by atoms with van der Waals surface area (Å²) < 4.78 is 0. The molecule has 0 bridgehead atoms. The molecule has 0 N–H and O–H groups in total. The van der Waals surface area contributed by atoms with Gasteiger partial charge in [-0.05, 0) is 5.56 Å². The Morgan fingerprint density at radius 2 is 1.54 bits per heavy atom. The Kier molecular flexibility index (Phi) is 10.4. The van der Waals surface area contributed by atoms with Gasteiger partial charge in [0.25, 0.3) is 0 Å². The second kappa shape index (κ2) is 8.27. The van der Waals surface area contributed by atoms with Gasteiger partial charge in [0.1, 0.15) is 0 Å². The topological polar surface area (TPSA) is 46.1 Å². The van der Waals surface area contributed by atoms with Crippen molar-refractivity contribution in [1.29, 1.82) is 0 Å². The summed E-state index contributed by atoms with van der Waals surface area (Å²) >= 11 is 0. The minimum absolute atomic E-state index is 0. The Morgan fingerprint density at radius 3 is 1.85 bits per heavy atom. The average Bonchev–Trinajstić information content (AvgIpc) is 2.05. The van der Waals surface area contributed by atoms with E-state index in [9.17, 15) is 10.0 Å². The first kappa shape index (κ1) is 16.4. The minimum Gasteiger partial charge on any atom is -0.889 e. The van der Waals surface area contributed by atoms with E-state index >= 15 is 0 Å². The van der Waals surface area contributed by atoms with E-state index in [2.05, 4.69) is 6.58 Å². The molecule has 0 spiro atoms. The third kappa shape index (κ3) is 5.40. The molecule has 0 saturated carbocycles. The summed E-state index contributed by atoms with van der Waals surface area (Å²) in [4.78, 5) is 0. The number of rotatable bonds is 2. The molecule has 0 saturated heterocycles. The van der Waals surface area contributed by atoms with Gasteiger partial charge < -0.3 is 10.0 Å². The summed E-state index contributed by atoms with van der Waals surface area (Å²) in [6, 6.07) is 6.46. The molecular formula is C8H7BNa2O2. The molecule has 1 aromatic carbocycles. The molecular weight excluding hydrogens is 185 g/mol. The molecule has 13 heavy (non-hydrogen) atoms. The fourth-order valence-corrected chi connectivity index (χ4v) is 0.789. The van der Waals surface area contributed by atoms with Crippen molar-refractivity contribution < 1.29 is 69.2 Å². The van der Waals surface area contributed by atoms with E-state index in [-0.39, 0.29) is 64.6 Å². The summed E-state index contributed by atoms with van der Waals surface area (Å²) in [7, 11) is -1.88. The number of hydrogen-bond donors (Lipinski definition) is 0. The van der Waals surface area contributed by atoms with Crippen LogP contribution >= 0.6 is 0 Å². The van der Waals surface area contributed by atoms with Gasteiger partial charge in [-0.3, -0.25) is 0 Å². The van der Waals surface area contributed by atoms with Crippen molar-refractivity contribution >= 4 is 18.7 Å². The molecule has 0 unspecified atom stereocenters. The second-order valence-corrected chi connectivity index (χ2v) is 2.20. The molecule has 56 valence electrons. The van der Waals surface area contributed by atoms with Crippen LogP contribution in [0.2, 0.25) is 0 Å². The van der Waals surface area contributed by atoms with Crippen molar-refractivity contribution in [3.05, 3.63) is 36.4 Å². The second-order valence-electron chi connectivity index (χ2n) is 2.20. The molecule has 2 nitrogen and oxygen atoms in total. The Bertz CT molecular complexity index is 249. The maximum absolute atomic E-state index is 10.3. The molecule has 0 aliphatic carbocycles. The number of benzene rings is 1. The van der Waals surface area contributed by atoms with Crippen molar-refractivity contribution in [2.45, 2.75) is 0 Å². The van der Waals surface area contributed by atoms with E-state index < -0.39 is 7.12 Å². The van der Waals surface area contributed by atoms with Crippen molar-refractivity contribution in [3.63, 3.8) is 0 Å². The Morgan fingerprint density at radius 1 is 1.08 bits per heavy atom. The normalized spacial score (nSPS) is 7.85. The van der Waals surface area contributed by atoms with E-state index in [0.29, 0.717) is 0 Å². The number of hydrogen-bond acceptors (Lipinski definition) is 2. The quantitative estimate of drug-likeness (QED) is 0.437. The van der Waals surface area contributed by atoms with Crippen molar-refractivity contribution in [3.8, 4) is 0 Å². The zero-order chi connectivity index (χ0) is 8.27. The predicted molar refractivity (Wildman–Crippen MR) is 41.9 cm³/mol. The standard InChI is InChI=1S/C8H7BO2.2Na/c1-2-7-3-5-8(6-4-7)9(10)11;;/h2-6H,1H2;;/q-2;2*+1. The van der Waals surface area contributed by atoms with Crippen LogP contribution in [0.1, 0.15) is 5.56 Å². The zero-order valence-corrected chi connectivity index (χ0v) is 12.0. The Hall–Kier alpha value is 0.945. The van der Waals surface area contributed by atoms with E-state index in [4.69, 9.17) is 0 Å². The van der Waals surface area contributed by atoms with Crippen LogP contribution < -0.4 is 74.6 Å². The van der Waals surface area contributed by atoms with Gasteiger partial charge in [0.05, 0.1) is 0 Å². The molecule has 1 aromatic rings. The minimum atomic E-state index is -1.88. The molecule has 0 fully saturated rings. The summed E-state index contributed by atoms with van der Waals surface area (Å²) in [5, 5.41) is 20.7. The SMILES string of the molecule is C=Cc1ccc(B([O-])[O-])cc1.[Na+].[Na+]. The van der Waals surface area contributed by atoms with E-state index in [1.165, 1.54) is 12.1 Å². The maximum Gasteiger partial charge on any atom is 1.00 e. The molecule has 0 amide bonds. The fourth-order valence-electron chi connectivity index (χ4n) is 0.789. The third-order valence-electron chi connectivity index (χ3n) is 1.44. The average molecular weight is 192 g/mol. The van der Waals surface area contributed by atoms with Crippen LogP contribution in [0.4, 0.5) is 0 Å². The van der Waals surface area contributed by atoms with Crippen LogP contribution in [0.5, 0.6) is 0 Å². The molecule has 0 heterocycles. The van der Waals surface area contributed by atoms with Gasteiger partial charge in [0.2, 0.25) is 0 Å². The van der Waals surface area contributed by atoms with Gasteiger partial charge in [0.15, 0.2) is 0 Å². The third-order valence-corrected chi connectivity index (χ3v) is 1.44. The Labute approximate surface area is 123 Å². The fraction of sp³-hybridized carbons (Fsp3) is 0. The van der Waals surface area contributed by atoms with Crippen LogP contribution in [-0.4, -0.2) is 7.12 Å². The van der Waals surface area contributed by atoms with Crippen molar-refractivity contribution in [2.24, 2.45) is 0 Å². The molecule has 5 heteroatoms. The monoisotopic (exact) mass is 192 g/mol. The zero-order valence-electron chi connectivity index (χ0n) is 7.99. The maximum atomic E-state index is 10.3. The molecule has 1 rings (SSSR count). The van der Waals surface area contributed by atoms with Crippen LogP contribution in [-0.2, 0) is 0 Å². The van der Waals surface area contributed by atoms with Crippen LogP contribution in [0.15, 0.2) is 30.8 Å². The summed E-state index contributed by atoms with van der Waals surface area (Å²) in [6.07, 6.45) is 1.66. The predicted octanol–water partition coefficient (Wildman–Crippen LogP) is -7.25. The van der Waals surface area contributed by atoms with Gasteiger partial charge in [-0.25, -0.2) is 0 Å². The van der Waals surface area contributed by atoms with E-state index in [1.54, 1.807) is 18.2 Å². The largest absolute Gasteiger partial charge is 1.00 e. The smallest absolute Gasteiger partial charge is 0.889 e. The first-order valence-corrected chi connectivity index (χ1v) is 3.28. The van der Waals surface area contributed by atoms with Gasteiger partial charge in [0, 0.05) is 0 Å². The van der Waals surface area contributed by atoms with Crippen LogP contribution in [0.25, 0.3) is 6.08 Å². The van der Waals surface area contributed by atoms with E-state index in [1.807, 2.05) is 0 Å². The summed E-state index contributed by atoms with van der Waals surface area (Å²) in [6.45, 7) is 3.55. The van der Waals surface area contributed by atoms with Gasteiger partial charge >= 0.3 is 59.1 Å². The first-order valence-electron chi connectivity index (χ1n) is 3.28. The summed E-state index contributed by atoms with van der Waals surface area (Å²) in [5.41, 5.74) is 1.19. The molecule has 0 aromatic heterocycles. The van der Waals surface area contributed by atoms with E-state index in [0.717, 1.165) is 5.56 Å². The van der Waals surface area contributed by atoms with Crippen LogP contribution in [0.3, 0.4) is 0 Å². The Balaban J connectivity index is 0. The molecule has 0 atom stereocenters. The van der Waals surface area contributed by atoms with Crippen molar-refractivity contribution in [2.75, 3.05) is 0 Å². The first-order chi connectivity index (χ1) is 5.24. The van der Waals surface area contributed by atoms with Gasteiger partial charge in [-0.1, -0.05) is 44.0 Å². The molecule has 0 aliphatic rings. The molecule has 0 radical (unpaired) electrons. The van der Waals surface area contributed by atoms with Gasteiger partial charge in [-0.2, -0.15) is 0 Å². The summed E-state index contributed by atoms with van der Waals surface area (Å²) in [5.74, 6) is 0. The van der Waals surface area contributed by atoms with Gasteiger partial charge in [-0.15, -0.1) is 5.46 Å². The van der Waals surface area contributed by atoms with Crippen molar-refractivity contribution in [1.82, 2.24) is 0 Å². The molecule has 0 aliphatic heterocycles.